The molecule has 0 saturated carbocycles. The van der Waals surface area contributed by atoms with Gasteiger partial charge in [0.15, 0.2) is 0 Å². The van der Waals surface area contributed by atoms with Gasteiger partial charge in [-0.1, -0.05) is 30.3 Å². The van der Waals surface area contributed by atoms with E-state index < -0.39 is 17.6 Å². The molecule has 0 radical (unpaired) electrons. The number of rotatable bonds is 8. The summed E-state index contributed by atoms with van der Waals surface area (Å²) in [6, 6.07) is 13.4. The van der Waals surface area contributed by atoms with Crippen LogP contribution in [0, 0.1) is 5.82 Å². The van der Waals surface area contributed by atoms with Gasteiger partial charge in [-0.15, -0.1) is 0 Å². The lowest BCUT2D eigenvalue weighted by molar-refractivity contribution is -0.121. The lowest BCUT2D eigenvalue weighted by Crippen LogP contribution is -2.37. The quantitative estimate of drug-likeness (QED) is 0.598. The topological polar surface area (TPSA) is 96.5 Å². The Morgan fingerprint density at radius 2 is 1.71 bits per heavy atom. The predicted molar refractivity (Wildman–Crippen MR) is 116 cm³/mol. The molecule has 7 nitrogen and oxygen atoms in total. The third-order valence-corrected chi connectivity index (χ3v) is 4.07. The van der Waals surface area contributed by atoms with Crippen LogP contribution < -0.4 is 16.0 Å². The molecule has 31 heavy (non-hydrogen) atoms. The van der Waals surface area contributed by atoms with E-state index in [1.54, 1.807) is 57.2 Å². The van der Waals surface area contributed by atoms with Gasteiger partial charge in [0, 0.05) is 18.7 Å². The Morgan fingerprint density at radius 1 is 0.968 bits per heavy atom. The molecule has 0 fully saturated rings. The molecule has 0 aromatic heterocycles. The van der Waals surface area contributed by atoms with Crippen LogP contribution >= 0.6 is 0 Å². The highest BCUT2D eigenvalue weighted by Gasteiger charge is 2.16. The molecule has 0 aliphatic rings. The first-order chi connectivity index (χ1) is 14.6. The Hall–Kier alpha value is -3.42. The van der Waals surface area contributed by atoms with Crippen LogP contribution in [0.15, 0.2) is 48.5 Å². The maximum Gasteiger partial charge on any atom is 0.408 e. The number of anilines is 1. The van der Waals surface area contributed by atoms with Gasteiger partial charge in [0.25, 0.3) is 0 Å². The van der Waals surface area contributed by atoms with Gasteiger partial charge >= 0.3 is 6.09 Å². The Balaban J connectivity index is 1.77. The summed E-state index contributed by atoms with van der Waals surface area (Å²) in [6.07, 6.45) is -0.179. The van der Waals surface area contributed by atoms with Crippen LogP contribution in [0.3, 0.4) is 0 Å². The summed E-state index contributed by atoms with van der Waals surface area (Å²) in [7, 11) is 0. The Labute approximate surface area is 181 Å². The highest BCUT2D eigenvalue weighted by Crippen LogP contribution is 2.12. The van der Waals surface area contributed by atoms with Crippen molar-refractivity contribution in [1.29, 1.82) is 0 Å². The van der Waals surface area contributed by atoms with Crippen LogP contribution in [-0.2, 0) is 27.3 Å². The lowest BCUT2D eigenvalue weighted by atomic mass is 10.1. The number of amides is 3. The number of alkyl carbamates (subject to hydrolysis) is 1. The van der Waals surface area contributed by atoms with Crippen LogP contribution in [0.1, 0.15) is 38.3 Å². The zero-order valence-electron chi connectivity index (χ0n) is 18.0. The summed E-state index contributed by atoms with van der Waals surface area (Å²) in [6.45, 7) is 5.24. The van der Waals surface area contributed by atoms with Crippen molar-refractivity contribution in [2.45, 2.75) is 45.8 Å². The molecule has 0 atom stereocenters. The first-order valence-electron chi connectivity index (χ1n) is 9.98. The van der Waals surface area contributed by atoms with Gasteiger partial charge in [0.1, 0.15) is 18.0 Å². The summed E-state index contributed by atoms with van der Waals surface area (Å²) in [5, 5.41) is 7.85. The van der Waals surface area contributed by atoms with E-state index in [0.717, 1.165) is 5.56 Å². The van der Waals surface area contributed by atoms with Gasteiger partial charge in [-0.25, -0.2) is 9.18 Å². The van der Waals surface area contributed by atoms with Gasteiger partial charge in [-0.2, -0.15) is 0 Å². The fraction of sp³-hybridized carbons (Fsp3) is 0.348. The monoisotopic (exact) mass is 429 g/mol. The van der Waals surface area contributed by atoms with E-state index in [1.165, 1.54) is 6.07 Å². The molecule has 2 aromatic carbocycles. The molecule has 0 bridgehead atoms. The fourth-order valence-electron chi connectivity index (χ4n) is 2.67. The minimum atomic E-state index is -0.672. The molecule has 0 heterocycles. The minimum Gasteiger partial charge on any atom is -0.444 e. The average molecular weight is 429 g/mol. The molecular weight excluding hydrogens is 401 g/mol. The van der Waals surface area contributed by atoms with E-state index in [0.29, 0.717) is 17.7 Å². The number of halogens is 1. The number of hydrogen-bond acceptors (Lipinski definition) is 4. The second kappa shape index (κ2) is 11.1. The summed E-state index contributed by atoms with van der Waals surface area (Å²) in [5.41, 5.74) is 1.18. The first kappa shape index (κ1) is 23.9. The van der Waals surface area contributed by atoms with E-state index in [1.807, 2.05) is 6.07 Å². The van der Waals surface area contributed by atoms with Crippen LogP contribution in [0.4, 0.5) is 14.9 Å². The molecule has 0 unspecified atom stereocenters. The zero-order valence-corrected chi connectivity index (χ0v) is 18.0. The van der Waals surface area contributed by atoms with Crippen molar-refractivity contribution in [2.75, 3.05) is 11.9 Å². The SMILES string of the molecule is CC(C)(C)OC(=O)NCC(=O)Nc1cccc(CNC(=O)CCc2ccccc2F)c1. The van der Waals surface area contributed by atoms with Crippen molar-refractivity contribution < 1.29 is 23.5 Å². The second-order valence-corrected chi connectivity index (χ2v) is 7.97. The predicted octanol–water partition coefficient (Wildman–Crippen LogP) is 3.54. The number of hydrogen-bond donors (Lipinski definition) is 3. The lowest BCUT2D eigenvalue weighted by Gasteiger charge is -2.19. The van der Waals surface area contributed by atoms with E-state index >= 15 is 0 Å². The Bertz CT molecular complexity index is 925. The maximum atomic E-state index is 13.6. The molecular formula is C23H28FN3O4. The zero-order chi connectivity index (χ0) is 22.9. The van der Waals surface area contributed by atoms with Crippen LogP contribution in [-0.4, -0.2) is 30.1 Å². The van der Waals surface area contributed by atoms with Crippen LogP contribution in [0.2, 0.25) is 0 Å². The molecule has 2 rings (SSSR count). The highest BCUT2D eigenvalue weighted by atomic mass is 19.1. The number of aryl methyl sites for hydroxylation is 1. The first-order valence-corrected chi connectivity index (χ1v) is 9.98. The van der Waals surface area contributed by atoms with Gasteiger partial charge in [0.05, 0.1) is 0 Å². The molecule has 8 heteroatoms. The number of benzene rings is 2. The minimum absolute atomic E-state index is 0.174. The highest BCUT2D eigenvalue weighted by molar-refractivity contribution is 5.93. The standard InChI is InChI=1S/C23H28FN3O4/c1-23(2,3)31-22(30)26-15-21(29)27-18-9-6-7-16(13-18)14-25-20(28)12-11-17-8-4-5-10-19(17)24/h4-10,13H,11-12,14-15H2,1-3H3,(H,25,28)(H,26,30)(H,27,29). The molecule has 0 aliphatic heterocycles. The molecule has 166 valence electrons. The average Bonchev–Trinajstić information content (AvgIpc) is 2.69. The van der Waals surface area contributed by atoms with Gasteiger partial charge in [-0.05, 0) is 56.5 Å². The smallest absolute Gasteiger partial charge is 0.408 e. The number of ether oxygens (including phenoxy) is 1. The van der Waals surface area contributed by atoms with E-state index in [-0.39, 0.29) is 31.2 Å². The number of carbonyl (C=O) groups is 3. The van der Waals surface area contributed by atoms with Gasteiger partial charge in [0.2, 0.25) is 11.8 Å². The van der Waals surface area contributed by atoms with Crippen molar-refractivity contribution in [3.63, 3.8) is 0 Å². The van der Waals surface area contributed by atoms with Crippen molar-refractivity contribution in [2.24, 2.45) is 0 Å². The Kier molecular flexibility index (Phi) is 8.54. The van der Waals surface area contributed by atoms with E-state index in [4.69, 9.17) is 4.74 Å². The molecule has 2 aromatic rings. The summed E-state index contributed by atoms with van der Waals surface area (Å²) >= 11 is 0. The molecule has 3 amide bonds. The number of carbonyl (C=O) groups excluding carboxylic acids is 3. The van der Waals surface area contributed by atoms with E-state index in [2.05, 4.69) is 16.0 Å². The fourth-order valence-corrected chi connectivity index (χ4v) is 2.67. The van der Waals surface area contributed by atoms with Crippen molar-refractivity contribution >= 4 is 23.6 Å². The molecule has 3 N–H and O–H groups in total. The molecule has 0 spiro atoms. The van der Waals surface area contributed by atoms with E-state index in [9.17, 15) is 18.8 Å². The van der Waals surface area contributed by atoms with Crippen molar-refractivity contribution in [3.8, 4) is 0 Å². The third-order valence-electron chi connectivity index (χ3n) is 4.07. The molecule has 0 saturated heterocycles. The van der Waals surface area contributed by atoms with Crippen molar-refractivity contribution in [1.82, 2.24) is 10.6 Å². The summed E-state index contributed by atoms with van der Waals surface area (Å²) < 4.78 is 18.7. The number of nitrogens with one attached hydrogen (secondary N) is 3. The van der Waals surface area contributed by atoms with Gasteiger partial charge in [-0.3, -0.25) is 9.59 Å². The third kappa shape index (κ3) is 9.29. The van der Waals surface area contributed by atoms with Gasteiger partial charge < -0.3 is 20.7 Å². The van der Waals surface area contributed by atoms with Crippen molar-refractivity contribution in [3.05, 3.63) is 65.5 Å². The second-order valence-electron chi connectivity index (χ2n) is 7.97. The van der Waals surface area contributed by atoms with Crippen LogP contribution in [0.5, 0.6) is 0 Å². The summed E-state index contributed by atoms with van der Waals surface area (Å²) in [4.78, 5) is 35.7. The maximum absolute atomic E-state index is 13.6. The normalized spacial score (nSPS) is 10.8. The summed E-state index contributed by atoms with van der Waals surface area (Å²) in [5.74, 6) is -0.920. The van der Waals surface area contributed by atoms with Crippen LogP contribution in [0.25, 0.3) is 0 Å². The Morgan fingerprint density at radius 3 is 2.42 bits per heavy atom. The largest absolute Gasteiger partial charge is 0.444 e. The molecule has 0 aliphatic carbocycles.